The van der Waals surface area contributed by atoms with E-state index in [0.717, 1.165) is 17.0 Å². The molecule has 2 rings (SSSR count). The largest absolute Gasteiger partial charge is 0.392 e. The number of anilines is 1. The number of nitro groups is 1. The number of carbonyl (C=O) groups excluding carboxylic acids is 1. The van der Waals surface area contributed by atoms with E-state index in [4.69, 9.17) is 5.73 Å². The number of hydrogen-bond donors (Lipinski definition) is 2. The first-order valence-corrected chi connectivity index (χ1v) is 5.88. The summed E-state index contributed by atoms with van der Waals surface area (Å²) in [6.45, 7) is 0.0907. The molecule has 1 amide bonds. The fourth-order valence-electron chi connectivity index (χ4n) is 1.83. The molecule has 1 aromatic heterocycles. The second-order valence-corrected chi connectivity index (χ2v) is 4.31. The number of aromatic amines is 1. The van der Waals surface area contributed by atoms with Crippen LogP contribution in [0.15, 0.2) is 24.5 Å². The summed E-state index contributed by atoms with van der Waals surface area (Å²) in [5.41, 5.74) is 4.03. The van der Waals surface area contributed by atoms with Crippen molar-refractivity contribution in [1.82, 2.24) is 14.9 Å². The van der Waals surface area contributed by atoms with E-state index in [1.165, 1.54) is 13.2 Å². The Morgan fingerprint density at radius 2 is 2.29 bits per heavy atom. The van der Waals surface area contributed by atoms with Crippen molar-refractivity contribution < 1.29 is 14.1 Å². The molecule has 110 valence electrons. The average molecular weight is 293 g/mol. The molecule has 21 heavy (non-hydrogen) atoms. The third-order valence-electron chi connectivity index (χ3n) is 2.87. The van der Waals surface area contributed by atoms with E-state index in [0.29, 0.717) is 5.82 Å². The lowest BCUT2D eigenvalue weighted by Gasteiger charge is -2.17. The Kier molecular flexibility index (Phi) is 3.83. The summed E-state index contributed by atoms with van der Waals surface area (Å²) < 4.78 is 13.8. The van der Waals surface area contributed by atoms with E-state index in [1.807, 2.05) is 0 Å². The molecular formula is C12H12FN5O3. The molecule has 0 aliphatic carbocycles. The van der Waals surface area contributed by atoms with Crippen molar-refractivity contribution in [2.45, 2.75) is 6.54 Å². The number of halogens is 1. The van der Waals surface area contributed by atoms with Crippen LogP contribution in [0, 0.1) is 15.9 Å². The van der Waals surface area contributed by atoms with Gasteiger partial charge in [0.2, 0.25) is 0 Å². The SMILES string of the molecule is CN(Cc1ncc[nH]1)C(=O)c1c(F)ccc([N+](=O)[O-])c1N. The minimum absolute atomic E-state index is 0.0907. The number of nitrogen functional groups attached to an aromatic ring is 1. The van der Waals surface area contributed by atoms with Crippen molar-refractivity contribution in [2.24, 2.45) is 0 Å². The van der Waals surface area contributed by atoms with Crippen molar-refractivity contribution in [3.05, 3.63) is 51.8 Å². The zero-order chi connectivity index (χ0) is 15.6. The quantitative estimate of drug-likeness (QED) is 0.500. The Labute approximate surface area is 118 Å². The Morgan fingerprint density at radius 3 is 2.86 bits per heavy atom. The van der Waals surface area contributed by atoms with E-state index in [2.05, 4.69) is 9.97 Å². The fourth-order valence-corrected chi connectivity index (χ4v) is 1.83. The van der Waals surface area contributed by atoms with Crippen molar-refractivity contribution in [1.29, 1.82) is 0 Å². The lowest BCUT2D eigenvalue weighted by molar-refractivity contribution is -0.384. The Morgan fingerprint density at radius 1 is 1.57 bits per heavy atom. The number of hydrogen-bond acceptors (Lipinski definition) is 5. The van der Waals surface area contributed by atoms with E-state index in [1.54, 1.807) is 6.20 Å². The van der Waals surface area contributed by atoms with Crippen LogP contribution in [0.4, 0.5) is 15.8 Å². The number of nitro benzene ring substituents is 1. The number of amides is 1. The van der Waals surface area contributed by atoms with Gasteiger partial charge in [-0.15, -0.1) is 0 Å². The maximum atomic E-state index is 13.8. The summed E-state index contributed by atoms with van der Waals surface area (Å²) in [6.07, 6.45) is 3.09. The van der Waals surface area contributed by atoms with Gasteiger partial charge in [0, 0.05) is 25.5 Å². The first-order chi connectivity index (χ1) is 9.91. The molecule has 2 aromatic rings. The van der Waals surface area contributed by atoms with Crippen molar-refractivity contribution in [3.63, 3.8) is 0 Å². The number of nitrogens with zero attached hydrogens (tertiary/aromatic N) is 3. The predicted octanol–water partition coefficient (Wildman–Crippen LogP) is 1.31. The summed E-state index contributed by atoms with van der Waals surface area (Å²) in [4.78, 5) is 30.2. The molecule has 0 saturated heterocycles. The summed E-state index contributed by atoms with van der Waals surface area (Å²) in [5, 5.41) is 10.8. The van der Waals surface area contributed by atoms with Gasteiger partial charge in [0.1, 0.15) is 22.9 Å². The number of benzene rings is 1. The normalized spacial score (nSPS) is 10.4. The highest BCUT2D eigenvalue weighted by Gasteiger charge is 2.26. The third kappa shape index (κ3) is 2.81. The van der Waals surface area contributed by atoms with Crippen LogP contribution in [-0.4, -0.2) is 32.7 Å². The minimum Gasteiger partial charge on any atom is -0.392 e. The Bertz CT molecular complexity index is 686. The molecule has 9 heteroatoms. The minimum atomic E-state index is -0.908. The van der Waals surface area contributed by atoms with Crippen LogP contribution in [0.3, 0.4) is 0 Å². The standard InChI is InChI=1S/C12H12FN5O3/c1-17(6-9-15-4-5-16-9)12(19)10-7(13)2-3-8(11(10)14)18(20)21/h2-5H,6,14H2,1H3,(H,15,16). The van der Waals surface area contributed by atoms with Gasteiger partial charge in [0.25, 0.3) is 11.6 Å². The van der Waals surface area contributed by atoms with Crippen LogP contribution in [0.2, 0.25) is 0 Å². The zero-order valence-corrected chi connectivity index (χ0v) is 11.0. The smallest absolute Gasteiger partial charge is 0.293 e. The average Bonchev–Trinajstić information content (AvgIpc) is 2.90. The maximum Gasteiger partial charge on any atom is 0.293 e. The fraction of sp³-hybridized carbons (Fsp3) is 0.167. The summed E-state index contributed by atoms with van der Waals surface area (Å²) in [6, 6.07) is 1.77. The van der Waals surface area contributed by atoms with E-state index < -0.39 is 33.6 Å². The van der Waals surface area contributed by atoms with Crippen molar-refractivity contribution >= 4 is 17.3 Å². The van der Waals surface area contributed by atoms with E-state index in [9.17, 15) is 19.3 Å². The predicted molar refractivity (Wildman–Crippen MR) is 71.9 cm³/mol. The van der Waals surface area contributed by atoms with Crippen LogP contribution < -0.4 is 5.73 Å². The number of nitrogens with one attached hydrogen (secondary N) is 1. The number of rotatable bonds is 4. The number of imidazole rings is 1. The van der Waals surface area contributed by atoms with Crippen LogP contribution >= 0.6 is 0 Å². The van der Waals surface area contributed by atoms with Crippen molar-refractivity contribution in [3.8, 4) is 0 Å². The lowest BCUT2D eigenvalue weighted by Crippen LogP contribution is -2.28. The van der Waals surface area contributed by atoms with Gasteiger partial charge in [-0.25, -0.2) is 9.37 Å². The van der Waals surface area contributed by atoms with Gasteiger partial charge in [-0.2, -0.15) is 0 Å². The number of aromatic nitrogens is 2. The van der Waals surface area contributed by atoms with Gasteiger partial charge in [0.15, 0.2) is 0 Å². The number of carbonyl (C=O) groups is 1. The van der Waals surface area contributed by atoms with Crippen LogP contribution in [0.25, 0.3) is 0 Å². The lowest BCUT2D eigenvalue weighted by atomic mass is 10.1. The Hall–Kier alpha value is -2.97. The Balaban J connectivity index is 2.34. The number of nitrogens with two attached hydrogens (primary N) is 1. The van der Waals surface area contributed by atoms with E-state index in [-0.39, 0.29) is 6.54 Å². The molecule has 0 aliphatic rings. The monoisotopic (exact) mass is 293 g/mol. The van der Waals surface area contributed by atoms with Gasteiger partial charge in [-0.3, -0.25) is 14.9 Å². The molecule has 0 bridgehead atoms. The molecule has 0 aliphatic heterocycles. The first kappa shape index (κ1) is 14.4. The summed E-state index contributed by atoms with van der Waals surface area (Å²) in [5.74, 6) is -1.17. The van der Waals surface area contributed by atoms with Crippen molar-refractivity contribution in [2.75, 3.05) is 12.8 Å². The maximum absolute atomic E-state index is 13.8. The van der Waals surface area contributed by atoms with Gasteiger partial charge >= 0.3 is 0 Å². The third-order valence-corrected chi connectivity index (χ3v) is 2.87. The van der Waals surface area contributed by atoms with Gasteiger partial charge in [-0.05, 0) is 6.07 Å². The molecule has 8 nitrogen and oxygen atoms in total. The highest BCUT2D eigenvalue weighted by Crippen LogP contribution is 2.28. The van der Waals surface area contributed by atoms with Gasteiger partial charge in [0.05, 0.1) is 11.5 Å². The first-order valence-electron chi connectivity index (χ1n) is 5.88. The summed E-state index contributed by atoms with van der Waals surface area (Å²) in [7, 11) is 1.42. The molecule has 1 heterocycles. The highest BCUT2D eigenvalue weighted by molar-refractivity contribution is 6.01. The second kappa shape index (κ2) is 5.57. The molecule has 0 atom stereocenters. The molecule has 3 N–H and O–H groups in total. The highest BCUT2D eigenvalue weighted by atomic mass is 19.1. The molecular weight excluding hydrogens is 281 g/mol. The van der Waals surface area contributed by atoms with Crippen LogP contribution in [0.5, 0.6) is 0 Å². The second-order valence-electron chi connectivity index (χ2n) is 4.31. The molecule has 0 saturated carbocycles. The molecule has 0 spiro atoms. The number of H-pyrrole nitrogens is 1. The topological polar surface area (TPSA) is 118 Å². The summed E-state index contributed by atoms with van der Waals surface area (Å²) >= 11 is 0. The molecule has 1 aromatic carbocycles. The van der Waals surface area contributed by atoms with Crippen LogP contribution in [0.1, 0.15) is 16.2 Å². The van der Waals surface area contributed by atoms with Gasteiger partial charge in [-0.1, -0.05) is 0 Å². The zero-order valence-electron chi connectivity index (χ0n) is 11.0. The van der Waals surface area contributed by atoms with Crippen LogP contribution in [-0.2, 0) is 6.54 Å². The molecule has 0 unspecified atom stereocenters. The molecule has 0 fully saturated rings. The van der Waals surface area contributed by atoms with E-state index >= 15 is 0 Å². The van der Waals surface area contributed by atoms with Gasteiger partial charge < -0.3 is 15.6 Å². The molecule has 0 radical (unpaired) electrons.